The van der Waals surface area contributed by atoms with Crippen LogP contribution in [0, 0.1) is 11.8 Å². The van der Waals surface area contributed by atoms with Crippen LogP contribution in [-0.4, -0.2) is 83.8 Å². The van der Waals surface area contributed by atoms with E-state index in [4.69, 9.17) is 21.1 Å². The summed E-state index contributed by atoms with van der Waals surface area (Å²) in [5.74, 6) is -3.15. The zero-order chi connectivity index (χ0) is 31.1. The molecule has 3 heterocycles. The third-order valence-electron chi connectivity index (χ3n) is 8.56. The molecule has 1 spiro atoms. The molecule has 1 aromatic rings. The molecule has 2 N–H and O–H groups in total. The molecule has 3 aliphatic heterocycles. The van der Waals surface area contributed by atoms with E-state index < -0.39 is 41.7 Å². The molecule has 4 rings (SSSR count). The molecule has 11 heteroatoms. The van der Waals surface area contributed by atoms with Crippen molar-refractivity contribution in [2.24, 2.45) is 11.8 Å². The summed E-state index contributed by atoms with van der Waals surface area (Å²) in [7, 11) is 0. The van der Waals surface area contributed by atoms with Crippen LogP contribution in [0.2, 0.25) is 5.02 Å². The van der Waals surface area contributed by atoms with E-state index in [9.17, 15) is 24.3 Å². The van der Waals surface area contributed by atoms with E-state index in [0.717, 1.165) is 0 Å². The molecule has 234 valence electrons. The molecule has 0 aromatic heterocycles. The first kappa shape index (κ1) is 32.7. The summed E-state index contributed by atoms with van der Waals surface area (Å²) in [5, 5.41) is 12.4. The van der Waals surface area contributed by atoms with Crippen molar-refractivity contribution in [2.75, 3.05) is 31.1 Å². The summed E-state index contributed by atoms with van der Waals surface area (Å²) in [5.41, 5.74) is -0.698. The van der Waals surface area contributed by atoms with Gasteiger partial charge in [0.15, 0.2) is 0 Å². The Morgan fingerprint density at radius 3 is 2.72 bits per heavy atom. The standard InChI is InChI=1S/C32H42ClN3O7/c1-4-6-14-25(38)34-20-21(3)42-31(41)26-24-15-16-32(43-24)27(26)29(39)36(18-10-7-11-19-37)28(32)30(40)35(17-5-2)23-13-9-8-12-22(23)33/h4-5,8-9,12-13,21,24,26-28,37H,1-2,6-7,10-11,14-20H2,3H3,(H,34,38)/t21-,24-,26+,27+,28-,32+/m0/s1. The predicted octanol–water partition coefficient (Wildman–Crippen LogP) is 3.41. The van der Waals surface area contributed by atoms with Crippen molar-refractivity contribution in [1.29, 1.82) is 0 Å². The number of halogens is 1. The highest BCUT2D eigenvalue weighted by atomic mass is 35.5. The van der Waals surface area contributed by atoms with E-state index >= 15 is 0 Å². The third-order valence-corrected chi connectivity index (χ3v) is 8.88. The van der Waals surface area contributed by atoms with Gasteiger partial charge in [0, 0.05) is 26.1 Å². The van der Waals surface area contributed by atoms with Crippen molar-refractivity contribution in [3.05, 3.63) is 54.6 Å². The number of hydrogen-bond acceptors (Lipinski definition) is 7. The number of anilines is 1. The van der Waals surface area contributed by atoms with Gasteiger partial charge < -0.3 is 29.7 Å². The number of rotatable bonds is 16. The fourth-order valence-electron chi connectivity index (χ4n) is 6.66. The van der Waals surface area contributed by atoms with E-state index in [2.05, 4.69) is 18.5 Å². The Labute approximate surface area is 258 Å². The number of nitrogens with zero attached hydrogens (tertiary/aromatic N) is 2. The number of carbonyl (C=O) groups excluding carboxylic acids is 4. The highest BCUT2D eigenvalue weighted by Gasteiger charge is 2.75. The van der Waals surface area contributed by atoms with Crippen molar-refractivity contribution in [3.63, 3.8) is 0 Å². The van der Waals surface area contributed by atoms with Gasteiger partial charge in [-0.15, -0.1) is 13.2 Å². The van der Waals surface area contributed by atoms with Gasteiger partial charge in [-0.3, -0.25) is 19.2 Å². The lowest BCUT2D eigenvalue weighted by molar-refractivity contribution is -0.159. The monoisotopic (exact) mass is 615 g/mol. The summed E-state index contributed by atoms with van der Waals surface area (Å²) in [4.78, 5) is 57.3. The molecule has 3 amide bonds. The fourth-order valence-corrected chi connectivity index (χ4v) is 6.90. The molecule has 3 saturated heterocycles. The van der Waals surface area contributed by atoms with Gasteiger partial charge in [0.2, 0.25) is 11.8 Å². The molecule has 2 bridgehead atoms. The summed E-state index contributed by atoms with van der Waals surface area (Å²) in [6.07, 6.45) is 5.69. The lowest BCUT2D eigenvalue weighted by Gasteiger charge is -2.37. The number of nitrogens with one attached hydrogen (secondary N) is 1. The topological polar surface area (TPSA) is 125 Å². The van der Waals surface area contributed by atoms with Crippen LogP contribution in [0.15, 0.2) is 49.6 Å². The zero-order valence-electron chi connectivity index (χ0n) is 24.7. The third kappa shape index (κ3) is 6.66. The highest BCUT2D eigenvalue weighted by molar-refractivity contribution is 6.34. The minimum Gasteiger partial charge on any atom is -0.460 e. The van der Waals surface area contributed by atoms with Crippen LogP contribution in [0.4, 0.5) is 5.69 Å². The minimum atomic E-state index is -1.19. The largest absolute Gasteiger partial charge is 0.460 e. The number of aliphatic hydroxyl groups excluding tert-OH is 1. The average Bonchev–Trinajstić information content (AvgIpc) is 3.63. The normalized spacial score (nSPS) is 26.1. The first-order chi connectivity index (χ1) is 20.7. The van der Waals surface area contributed by atoms with Crippen molar-refractivity contribution < 1.29 is 33.8 Å². The second-order valence-electron chi connectivity index (χ2n) is 11.4. The quantitative estimate of drug-likeness (QED) is 0.166. The molecular formula is C32H42ClN3O7. The molecule has 0 saturated carbocycles. The van der Waals surface area contributed by atoms with E-state index in [-0.39, 0.29) is 44.0 Å². The van der Waals surface area contributed by atoms with Crippen molar-refractivity contribution in [2.45, 2.75) is 75.7 Å². The van der Waals surface area contributed by atoms with Gasteiger partial charge in [-0.2, -0.15) is 0 Å². The van der Waals surface area contributed by atoms with Gasteiger partial charge in [0.25, 0.3) is 5.91 Å². The number of hydrogen-bond donors (Lipinski definition) is 2. The van der Waals surface area contributed by atoms with Crippen LogP contribution < -0.4 is 10.2 Å². The molecule has 1 aromatic carbocycles. The molecule has 43 heavy (non-hydrogen) atoms. The number of fused-ring (bicyclic) bond motifs is 1. The number of allylic oxidation sites excluding steroid dienone is 1. The fraction of sp³-hybridized carbons (Fsp3) is 0.562. The number of para-hydroxylation sites is 1. The van der Waals surface area contributed by atoms with Gasteiger partial charge in [-0.1, -0.05) is 35.9 Å². The van der Waals surface area contributed by atoms with E-state index in [1.165, 1.54) is 4.90 Å². The number of carbonyl (C=O) groups is 4. The SMILES string of the molecule is C=CCCC(=O)NC[C@H](C)OC(=O)[C@@H]1[C@@H]2CC[C@]3(O2)[C@H](C(=O)N(CC=C)c2ccccc2Cl)N(CCCCCO)C(=O)[C@@H]13. The van der Waals surface area contributed by atoms with E-state index in [1.807, 2.05) is 0 Å². The first-order valence-electron chi connectivity index (χ1n) is 15.0. The lowest BCUT2D eigenvalue weighted by Crippen LogP contribution is -2.56. The smallest absolute Gasteiger partial charge is 0.312 e. The summed E-state index contributed by atoms with van der Waals surface area (Å²) >= 11 is 6.50. The van der Waals surface area contributed by atoms with E-state index in [1.54, 1.807) is 48.2 Å². The minimum absolute atomic E-state index is 0.0358. The molecule has 0 unspecified atom stereocenters. The Kier molecular flexibility index (Phi) is 11.0. The van der Waals surface area contributed by atoms with E-state index in [0.29, 0.717) is 55.7 Å². The molecule has 3 aliphatic rings. The maximum Gasteiger partial charge on any atom is 0.312 e. The Morgan fingerprint density at radius 1 is 1.26 bits per heavy atom. The molecule has 3 fully saturated rings. The van der Waals surface area contributed by atoms with Gasteiger partial charge in [0.1, 0.15) is 17.7 Å². The van der Waals surface area contributed by atoms with Crippen molar-refractivity contribution in [1.82, 2.24) is 10.2 Å². The van der Waals surface area contributed by atoms with Gasteiger partial charge >= 0.3 is 5.97 Å². The number of benzene rings is 1. The van der Waals surface area contributed by atoms with Crippen molar-refractivity contribution in [3.8, 4) is 0 Å². The second kappa shape index (κ2) is 14.5. The number of unbranched alkanes of at least 4 members (excludes halogenated alkanes) is 2. The van der Waals surface area contributed by atoms with Crippen LogP contribution in [0.3, 0.4) is 0 Å². The molecule has 10 nitrogen and oxygen atoms in total. The Balaban J connectivity index is 1.60. The number of amides is 3. The molecule has 0 aliphatic carbocycles. The van der Waals surface area contributed by atoms with Crippen LogP contribution in [-0.2, 0) is 28.7 Å². The highest BCUT2D eigenvalue weighted by Crippen LogP contribution is 2.59. The first-order valence-corrected chi connectivity index (χ1v) is 15.4. The lowest BCUT2D eigenvalue weighted by atomic mass is 9.70. The summed E-state index contributed by atoms with van der Waals surface area (Å²) in [6.45, 7) is 9.73. The number of esters is 1. The maximum atomic E-state index is 14.5. The van der Waals surface area contributed by atoms with Crippen molar-refractivity contribution >= 4 is 41.0 Å². The second-order valence-corrected chi connectivity index (χ2v) is 11.8. The molecule has 0 radical (unpaired) electrons. The summed E-state index contributed by atoms with van der Waals surface area (Å²) < 4.78 is 12.2. The Hall–Kier alpha value is -3.21. The number of ether oxygens (including phenoxy) is 2. The predicted molar refractivity (Wildman–Crippen MR) is 162 cm³/mol. The summed E-state index contributed by atoms with van der Waals surface area (Å²) in [6, 6.07) is 6.02. The Bertz CT molecular complexity index is 1230. The van der Waals surface area contributed by atoms with Crippen LogP contribution in [0.1, 0.15) is 51.9 Å². The van der Waals surface area contributed by atoms with Crippen LogP contribution in [0.5, 0.6) is 0 Å². The van der Waals surface area contributed by atoms with Crippen LogP contribution >= 0.6 is 11.6 Å². The zero-order valence-corrected chi connectivity index (χ0v) is 25.5. The van der Waals surface area contributed by atoms with Gasteiger partial charge in [-0.05, 0) is 57.6 Å². The molecule has 6 atom stereocenters. The van der Waals surface area contributed by atoms with Gasteiger partial charge in [-0.25, -0.2) is 0 Å². The number of likely N-dealkylation sites (tertiary alicyclic amines) is 1. The van der Waals surface area contributed by atoms with Crippen LogP contribution in [0.25, 0.3) is 0 Å². The Morgan fingerprint density at radius 2 is 2.02 bits per heavy atom. The number of aliphatic hydroxyl groups is 1. The average molecular weight is 616 g/mol. The maximum absolute atomic E-state index is 14.5. The van der Waals surface area contributed by atoms with Gasteiger partial charge in [0.05, 0.1) is 35.2 Å². The molecular weight excluding hydrogens is 574 g/mol.